The van der Waals surface area contributed by atoms with Gasteiger partial charge in [-0.25, -0.2) is 0 Å². The Bertz CT molecular complexity index is 773. The van der Waals surface area contributed by atoms with Crippen LogP contribution in [-0.2, 0) is 10.3 Å². The number of nitrogens with zero attached hydrogens (tertiary/aromatic N) is 1. The van der Waals surface area contributed by atoms with E-state index in [1.165, 1.54) is 5.57 Å². The van der Waals surface area contributed by atoms with E-state index in [1.54, 1.807) is 12.1 Å². The average Bonchev–Trinajstić information content (AvgIpc) is 2.60. The largest absolute Gasteiger partial charge is 0.507 e. The summed E-state index contributed by atoms with van der Waals surface area (Å²) in [6.45, 7) is 12.3. The van der Waals surface area contributed by atoms with Crippen LogP contribution in [0.1, 0.15) is 76.8 Å². The summed E-state index contributed by atoms with van der Waals surface area (Å²) in [6, 6.07) is 3.49. The molecule has 0 fully saturated rings. The Kier molecular flexibility index (Phi) is 7.33. The van der Waals surface area contributed by atoms with E-state index in [2.05, 4.69) is 24.4 Å². The SMILES string of the molecule is C=C(C)C1CCC(C)=C[C@H]1c1c(O)cc(C(C)(C)CCCCO[N+](=O)[O-])cc1O. The predicted molar refractivity (Wildman–Crippen MR) is 114 cm³/mol. The van der Waals surface area contributed by atoms with Gasteiger partial charge in [0.25, 0.3) is 5.09 Å². The fourth-order valence-corrected chi connectivity index (χ4v) is 4.21. The predicted octanol–water partition coefficient (Wildman–Crippen LogP) is 5.77. The second-order valence-corrected chi connectivity index (χ2v) is 8.86. The van der Waals surface area contributed by atoms with Crippen LogP contribution in [0.15, 0.2) is 35.9 Å². The van der Waals surface area contributed by atoms with E-state index in [9.17, 15) is 20.3 Å². The zero-order valence-electron chi connectivity index (χ0n) is 17.9. The third-order valence-electron chi connectivity index (χ3n) is 6.02. The molecule has 1 aliphatic carbocycles. The van der Waals surface area contributed by atoms with Gasteiger partial charge in [0.2, 0.25) is 0 Å². The summed E-state index contributed by atoms with van der Waals surface area (Å²) in [5, 5.41) is 31.1. The van der Waals surface area contributed by atoms with Crippen LogP contribution in [-0.4, -0.2) is 21.9 Å². The Morgan fingerprint density at radius 1 is 1.31 bits per heavy atom. The minimum Gasteiger partial charge on any atom is -0.507 e. The van der Waals surface area contributed by atoms with Crippen molar-refractivity contribution < 1.29 is 20.1 Å². The number of benzene rings is 1. The van der Waals surface area contributed by atoms with Gasteiger partial charge in [-0.2, -0.15) is 0 Å². The Morgan fingerprint density at radius 2 is 1.93 bits per heavy atom. The summed E-state index contributed by atoms with van der Waals surface area (Å²) in [7, 11) is 0. The van der Waals surface area contributed by atoms with Crippen LogP contribution in [0.2, 0.25) is 0 Å². The maximum atomic E-state index is 10.8. The smallest absolute Gasteiger partial charge is 0.294 e. The monoisotopic (exact) mass is 403 g/mol. The highest BCUT2D eigenvalue weighted by Crippen LogP contribution is 2.47. The van der Waals surface area contributed by atoms with Crippen molar-refractivity contribution in [2.45, 2.75) is 71.1 Å². The fraction of sp³-hybridized carbons (Fsp3) is 0.565. The van der Waals surface area contributed by atoms with Crippen LogP contribution < -0.4 is 0 Å². The highest BCUT2D eigenvalue weighted by molar-refractivity contribution is 5.53. The molecule has 0 radical (unpaired) electrons. The Labute approximate surface area is 173 Å². The van der Waals surface area contributed by atoms with Crippen LogP contribution >= 0.6 is 0 Å². The van der Waals surface area contributed by atoms with Gasteiger partial charge in [-0.05, 0) is 68.6 Å². The number of unbranched alkanes of at least 4 members (excludes halogenated alkanes) is 1. The van der Waals surface area contributed by atoms with Crippen molar-refractivity contribution >= 4 is 0 Å². The van der Waals surface area contributed by atoms with Gasteiger partial charge < -0.3 is 15.1 Å². The summed E-state index contributed by atoms with van der Waals surface area (Å²) >= 11 is 0. The van der Waals surface area contributed by atoms with E-state index in [1.807, 2.05) is 20.8 Å². The minimum absolute atomic E-state index is 0.0776. The lowest BCUT2D eigenvalue weighted by atomic mass is 9.72. The van der Waals surface area contributed by atoms with Crippen molar-refractivity contribution in [1.82, 2.24) is 0 Å². The highest BCUT2D eigenvalue weighted by Gasteiger charge is 2.31. The van der Waals surface area contributed by atoms with Gasteiger partial charge in [-0.3, -0.25) is 0 Å². The number of phenols is 2. The van der Waals surface area contributed by atoms with Gasteiger partial charge in [0.05, 0.1) is 6.61 Å². The molecule has 0 saturated heterocycles. The van der Waals surface area contributed by atoms with E-state index < -0.39 is 5.09 Å². The van der Waals surface area contributed by atoms with Gasteiger partial charge in [0, 0.05) is 11.5 Å². The summed E-state index contributed by atoms with van der Waals surface area (Å²) in [5.41, 5.74) is 3.42. The Morgan fingerprint density at radius 3 is 2.48 bits per heavy atom. The topological polar surface area (TPSA) is 92.8 Å². The zero-order chi connectivity index (χ0) is 21.8. The molecule has 0 amide bonds. The number of hydrogen-bond donors (Lipinski definition) is 2. The normalized spacial score (nSPS) is 19.5. The third-order valence-corrected chi connectivity index (χ3v) is 6.02. The highest BCUT2D eigenvalue weighted by atomic mass is 16.9. The summed E-state index contributed by atoms with van der Waals surface area (Å²) in [5.74, 6) is 0.313. The lowest BCUT2D eigenvalue weighted by Gasteiger charge is -2.32. The number of hydrogen-bond acceptors (Lipinski definition) is 5. The molecule has 1 unspecified atom stereocenters. The van der Waals surface area contributed by atoms with Crippen molar-refractivity contribution in [3.8, 4) is 11.5 Å². The van der Waals surface area contributed by atoms with E-state index in [4.69, 9.17) is 0 Å². The number of phenolic OH excluding ortho intramolecular Hbond substituents is 2. The van der Waals surface area contributed by atoms with E-state index in [-0.39, 0.29) is 35.4 Å². The quantitative estimate of drug-likeness (QED) is 0.236. The molecule has 0 aliphatic heterocycles. The molecule has 2 rings (SSSR count). The molecule has 160 valence electrons. The van der Waals surface area contributed by atoms with Gasteiger partial charge in [-0.15, -0.1) is 10.1 Å². The van der Waals surface area contributed by atoms with E-state index in [0.717, 1.165) is 36.8 Å². The van der Waals surface area contributed by atoms with E-state index >= 15 is 0 Å². The van der Waals surface area contributed by atoms with Crippen LogP contribution in [0, 0.1) is 16.0 Å². The van der Waals surface area contributed by atoms with Crippen molar-refractivity contribution in [2.24, 2.45) is 5.92 Å². The number of allylic oxidation sites excluding steroid dienone is 3. The Hall–Kier alpha value is -2.50. The molecule has 2 atom stereocenters. The molecule has 6 nitrogen and oxygen atoms in total. The lowest BCUT2D eigenvalue weighted by molar-refractivity contribution is -0.757. The first-order valence-electron chi connectivity index (χ1n) is 10.2. The van der Waals surface area contributed by atoms with Crippen molar-refractivity contribution in [3.05, 3.63) is 57.2 Å². The molecular weight excluding hydrogens is 370 g/mol. The van der Waals surface area contributed by atoms with Gasteiger partial charge in [0.1, 0.15) is 11.5 Å². The van der Waals surface area contributed by atoms with Crippen LogP contribution in [0.4, 0.5) is 0 Å². The zero-order valence-corrected chi connectivity index (χ0v) is 17.9. The second-order valence-electron chi connectivity index (χ2n) is 8.86. The molecule has 1 aromatic carbocycles. The summed E-state index contributed by atoms with van der Waals surface area (Å²) in [4.78, 5) is 14.6. The van der Waals surface area contributed by atoms with Crippen LogP contribution in [0.25, 0.3) is 0 Å². The third kappa shape index (κ3) is 5.75. The molecule has 6 heteroatoms. The molecule has 0 bridgehead atoms. The molecule has 1 aromatic rings. The number of aromatic hydroxyl groups is 2. The maximum absolute atomic E-state index is 10.8. The van der Waals surface area contributed by atoms with Crippen LogP contribution in [0.5, 0.6) is 11.5 Å². The fourth-order valence-electron chi connectivity index (χ4n) is 4.21. The van der Waals surface area contributed by atoms with Crippen LogP contribution in [0.3, 0.4) is 0 Å². The molecule has 0 spiro atoms. The first-order valence-corrected chi connectivity index (χ1v) is 10.2. The molecular formula is C23H33NO5. The Balaban J connectivity index is 2.22. The molecule has 1 aliphatic rings. The summed E-state index contributed by atoms with van der Waals surface area (Å²) in [6.07, 6.45) is 6.17. The first kappa shape index (κ1) is 22.8. The minimum atomic E-state index is -0.778. The van der Waals surface area contributed by atoms with Gasteiger partial charge in [-0.1, -0.05) is 44.1 Å². The van der Waals surface area contributed by atoms with Gasteiger partial charge in [0.15, 0.2) is 0 Å². The molecule has 0 heterocycles. The standard InChI is InChI=1S/C23H33NO5/c1-15(2)18-9-8-16(3)12-19(18)22-20(25)13-17(14-21(22)26)23(4,5)10-6-7-11-29-24(27)28/h12-14,18-19,25-26H,1,6-11H2,2-5H3/t18?,19-/m1/s1. The van der Waals surface area contributed by atoms with E-state index in [0.29, 0.717) is 12.0 Å². The molecule has 2 N–H and O–H groups in total. The van der Waals surface area contributed by atoms with Gasteiger partial charge >= 0.3 is 0 Å². The molecule has 0 aromatic heterocycles. The van der Waals surface area contributed by atoms with Crippen molar-refractivity contribution in [2.75, 3.05) is 6.61 Å². The van der Waals surface area contributed by atoms with Crippen molar-refractivity contribution in [3.63, 3.8) is 0 Å². The lowest BCUT2D eigenvalue weighted by Crippen LogP contribution is -2.19. The first-order chi connectivity index (χ1) is 13.5. The average molecular weight is 404 g/mol. The maximum Gasteiger partial charge on any atom is 0.294 e. The summed E-state index contributed by atoms with van der Waals surface area (Å²) < 4.78 is 0. The van der Waals surface area contributed by atoms with Crippen molar-refractivity contribution in [1.29, 1.82) is 0 Å². The molecule has 29 heavy (non-hydrogen) atoms. The number of rotatable bonds is 9. The second kappa shape index (κ2) is 9.33. The molecule has 0 saturated carbocycles.